The largest absolute Gasteiger partial charge is 0.382 e. The van der Waals surface area contributed by atoms with E-state index in [1.165, 1.54) is 4.90 Å². The first kappa shape index (κ1) is 10.7. The van der Waals surface area contributed by atoms with Gasteiger partial charge in [0.1, 0.15) is 5.70 Å². The third kappa shape index (κ3) is 2.11. The van der Waals surface area contributed by atoms with Crippen molar-refractivity contribution >= 4 is 23.2 Å². The second kappa shape index (κ2) is 4.23. The van der Waals surface area contributed by atoms with Crippen LogP contribution in [0.15, 0.2) is 24.6 Å². The summed E-state index contributed by atoms with van der Waals surface area (Å²) in [5.74, 6) is -0.108. The van der Waals surface area contributed by atoms with Crippen molar-refractivity contribution in [1.29, 1.82) is 0 Å². The number of rotatable bonds is 3. The molecule has 0 aromatic carbocycles. The number of hydrogen-bond donors (Lipinski definition) is 1. The van der Waals surface area contributed by atoms with Crippen LogP contribution >= 0.6 is 12.2 Å². The van der Waals surface area contributed by atoms with Crippen LogP contribution in [0.3, 0.4) is 0 Å². The fourth-order valence-corrected chi connectivity index (χ4v) is 1.38. The minimum Gasteiger partial charge on any atom is -0.382 e. The molecule has 0 radical (unpaired) electrons. The van der Waals surface area contributed by atoms with Gasteiger partial charge in [-0.25, -0.2) is 0 Å². The minimum atomic E-state index is -0.108. The van der Waals surface area contributed by atoms with Crippen LogP contribution in [-0.2, 0) is 4.79 Å². The minimum absolute atomic E-state index is 0.108. The maximum atomic E-state index is 11.7. The molecule has 76 valence electrons. The Balaban J connectivity index is 2.84. The molecule has 4 nitrogen and oxygen atoms in total. The van der Waals surface area contributed by atoms with Gasteiger partial charge in [-0.1, -0.05) is 6.08 Å². The average Bonchev–Trinajstić information content (AvgIpc) is 2.32. The van der Waals surface area contributed by atoms with Gasteiger partial charge in [0.2, 0.25) is 0 Å². The lowest BCUT2D eigenvalue weighted by molar-refractivity contribution is -0.122. The Morgan fingerprint density at radius 1 is 1.64 bits per heavy atom. The summed E-state index contributed by atoms with van der Waals surface area (Å²) in [4.78, 5) is 14.9. The van der Waals surface area contributed by atoms with Gasteiger partial charge in [-0.3, -0.25) is 9.69 Å². The zero-order valence-electron chi connectivity index (χ0n) is 8.28. The van der Waals surface area contributed by atoms with Crippen LogP contribution in [0.1, 0.15) is 0 Å². The fourth-order valence-electron chi connectivity index (χ4n) is 1.11. The number of amides is 1. The van der Waals surface area contributed by atoms with Crippen LogP contribution in [-0.4, -0.2) is 41.5 Å². The predicted octanol–water partition coefficient (Wildman–Crippen LogP) is 0.292. The first-order valence-electron chi connectivity index (χ1n) is 4.18. The Morgan fingerprint density at radius 2 is 2.29 bits per heavy atom. The maximum Gasteiger partial charge on any atom is 0.278 e. The summed E-state index contributed by atoms with van der Waals surface area (Å²) in [5, 5.41) is 3.28. The lowest BCUT2D eigenvalue weighted by atomic mass is 10.4. The quantitative estimate of drug-likeness (QED) is 0.413. The molecule has 0 aromatic rings. The molecule has 0 unspecified atom stereocenters. The summed E-state index contributed by atoms with van der Waals surface area (Å²) in [7, 11) is 3.70. The molecule has 5 heteroatoms. The molecule has 1 saturated heterocycles. The van der Waals surface area contributed by atoms with Crippen molar-refractivity contribution in [3.63, 3.8) is 0 Å². The second-order valence-electron chi connectivity index (χ2n) is 3.14. The SMILES string of the molecule is C=CCN1C(=O)/C(=C/N(C)C)NC1=S. The van der Waals surface area contributed by atoms with Crippen LogP contribution in [0.25, 0.3) is 0 Å². The Bertz CT molecular complexity index is 309. The van der Waals surface area contributed by atoms with E-state index < -0.39 is 0 Å². The van der Waals surface area contributed by atoms with Crippen LogP contribution < -0.4 is 5.32 Å². The fraction of sp³-hybridized carbons (Fsp3) is 0.333. The van der Waals surface area contributed by atoms with Gasteiger partial charge in [0.15, 0.2) is 5.11 Å². The zero-order chi connectivity index (χ0) is 10.7. The maximum absolute atomic E-state index is 11.7. The molecule has 0 spiro atoms. The third-order valence-corrected chi connectivity index (χ3v) is 1.98. The van der Waals surface area contributed by atoms with E-state index in [2.05, 4.69) is 11.9 Å². The van der Waals surface area contributed by atoms with Crippen molar-refractivity contribution in [2.75, 3.05) is 20.6 Å². The molecule has 0 saturated carbocycles. The van der Waals surface area contributed by atoms with E-state index in [-0.39, 0.29) is 5.91 Å². The smallest absolute Gasteiger partial charge is 0.278 e. The number of carbonyl (C=O) groups excluding carboxylic acids is 1. The van der Waals surface area contributed by atoms with Crippen LogP contribution in [0.4, 0.5) is 0 Å². The van der Waals surface area contributed by atoms with Crippen molar-refractivity contribution in [3.8, 4) is 0 Å². The molecule has 1 rings (SSSR count). The summed E-state index contributed by atoms with van der Waals surface area (Å²) in [6.07, 6.45) is 3.35. The first-order valence-corrected chi connectivity index (χ1v) is 4.59. The highest BCUT2D eigenvalue weighted by atomic mass is 32.1. The van der Waals surface area contributed by atoms with E-state index >= 15 is 0 Å². The van der Waals surface area contributed by atoms with Crippen LogP contribution in [0.5, 0.6) is 0 Å². The number of nitrogens with zero attached hydrogens (tertiary/aromatic N) is 2. The van der Waals surface area contributed by atoms with E-state index in [0.29, 0.717) is 17.4 Å². The van der Waals surface area contributed by atoms with Gasteiger partial charge in [0, 0.05) is 26.8 Å². The van der Waals surface area contributed by atoms with Gasteiger partial charge in [0.05, 0.1) is 0 Å². The van der Waals surface area contributed by atoms with Gasteiger partial charge < -0.3 is 10.2 Å². The monoisotopic (exact) mass is 211 g/mol. The van der Waals surface area contributed by atoms with Gasteiger partial charge in [-0.15, -0.1) is 6.58 Å². The summed E-state index contributed by atoms with van der Waals surface area (Å²) < 4.78 is 0. The molecule has 0 atom stereocenters. The van der Waals surface area contributed by atoms with Crippen molar-refractivity contribution in [1.82, 2.24) is 15.1 Å². The summed E-state index contributed by atoms with van der Waals surface area (Å²) >= 11 is 5.00. The van der Waals surface area contributed by atoms with Gasteiger partial charge >= 0.3 is 0 Å². The van der Waals surface area contributed by atoms with Gasteiger partial charge in [-0.2, -0.15) is 0 Å². The van der Waals surface area contributed by atoms with E-state index in [4.69, 9.17) is 12.2 Å². The molecule has 1 fully saturated rings. The molecular weight excluding hydrogens is 198 g/mol. The molecule has 0 bridgehead atoms. The Hall–Kier alpha value is -1.36. The zero-order valence-corrected chi connectivity index (χ0v) is 9.10. The van der Waals surface area contributed by atoms with E-state index in [1.807, 2.05) is 14.1 Å². The van der Waals surface area contributed by atoms with Crippen LogP contribution in [0.2, 0.25) is 0 Å². The van der Waals surface area contributed by atoms with Gasteiger partial charge in [0.25, 0.3) is 5.91 Å². The second-order valence-corrected chi connectivity index (χ2v) is 3.53. The number of carbonyl (C=O) groups is 1. The highest BCUT2D eigenvalue weighted by Crippen LogP contribution is 2.09. The Labute approximate surface area is 88.9 Å². The van der Waals surface area contributed by atoms with Crippen molar-refractivity contribution < 1.29 is 4.79 Å². The first-order chi connectivity index (χ1) is 6.56. The number of thiocarbonyl (C=S) groups is 1. The molecule has 1 N–H and O–H groups in total. The van der Waals surface area contributed by atoms with Crippen molar-refractivity contribution in [2.24, 2.45) is 0 Å². The Kier molecular flexibility index (Phi) is 3.24. The molecular formula is C9H13N3OS. The normalized spacial score (nSPS) is 18.7. The summed E-state index contributed by atoms with van der Waals surface area (Å²) in [5.41, 5.74) is 0.502. The summed E-state index contributed by atoms with van der Waals surface area (Å²) in [6.45, 7) is 4.01. The Morgan fingerprint density at radius 3 is 2.79 bits per heavy atom. The highest BCUT2D eigenvalue weighted by Gasteiger charge is 2.29. The third-order valence-electron chi connectivity index (χ3n) is 1.66. The van der Waals surface area contributed by atoms with Gasteiger partial charge in [-0.05, 0) is 12.2 Å². The standard InChI is InChI=1S/C9H13N3OS/c1-4-5-12-8(13)7(6-11(2)3)10-9(12)14/h4,6H,1,5H2,2-3H3,(H,10,14)/b7-6-. The van der Waals surface area contributed by atoms with Crippen LogP contribution in [0, 0.1) is 0 Å². The molecule has 1 aliphatic rings. The summed E-state index contributed by atoms with van der Waals surface area (Å²) in [6, 6.07) is 0. The van der Waals surface area contributed by atoms with E-state index in [9.17, 15) is 4.79 Å². The average molecular weight is 211 g/mol. The highest BCUT2D eigenvalue weighted by molar-refractivity contribution is 7.80. The molecule has 0 aromatic heterocycles. The molecule has 14 heavy (non-hydrogen) atoms. The lowest BCUT2D eigenvalue weighted by Gasteiger charge is -2.09. The van der Waals surface area contributed by atoms with E-state index in [0.717, 1.165) is 0 Å². The topological polar surface area (TPSA) is 35.6 Å². The molecule has 1 aliphatic heterocycles. The van der Waals surface area contributed by atoms with E-state index in [1.54, 1.807) is 17.2 Å². The lowest BCUT2D eigenvalue weighted by Crippen LogP contribution is -2.30. The molecule has 1 amide bonds. The number of hydrogen-bond acceptors (Lipinski definition) is 3. The predicted molar refractivity (Wildman–Crippen MR) is 59.4 cm³/mol. The van der Waals surface area contributed by atoms with Crippen molar-refractivity contribution in [2.45, 2.75) is 0 Å². The van der Waals surface area contributed by atoms with Crippen molar-refractivity contribution in [3.05, 3.63) is 24.6 Å². The molecule has 0 aliphatic carbocycles. The number of nitrogens with one attached hydrogen (secondary N) is 1. The molecule has 1 heterocycles.